The topological polar surface area (TPSA) is 0 Å². The molecule has 0 radical (unpaired) electrons. The van der Waals surface area contributed by atoms with Gasteiger partial charge in [0.25, 0.3) is 0 Å². The SMILES string of the molecule is CC(C)(c1ccccc1)c1ccc2c(c1)-c1cc(C(C)(C)c3ccccc3)ccc1[CH]2[Zr]([C]1=CC=CC1)=[C]1CCCC1. The molecule has 0 aliphatic heterocycles. The Morgan fingerprint density at radius 1 is 0.595 bits per heavy atom. The van der Waals surface area contributed by atoms with E-state index >= 15 is 0 Å². The molecule has 1 saturated carbocycles. The van der Waals surface area contributed by atoms with E-state index in [1.165, 1.54) is 65.5 Å². The molecule has 210 valence electrons. The summed E-state index contributed by atoms with van der Waals surface area (Å²) in [5, 5.41) is 0. The van der Waals surface area contributed by atoms with Crippen LogP contribution in [0, 0.1) is 0 Å². The summed E-state index contributed by atoms with van der Waals surface area (Å²) in [4.78, 5) is 0. The average molecular weight is 626 g/mol. The van der Waals surface area contributed by atoms with Crippen LogP contribution in [-0.2, 0) is 32.1 Å². The van der Waals surface area contributed by atoms with Crippen LogP contribution in [-0.4, -0.2) is 3.21 Å². The van der Waals surface area contributed by atoms with Crippen LogP contribution in [0.25, 0.3) is 11.1 Å². The van der Waals surface area contributed by atoms with E-state index in [0.29, 0.717) is 3.63 Å². The van der Waals surface area contributed by atoms with Crippen LogP contribution < -0.4 is 0 Å². The Labute approximate surface area is 260 Å². The van der Waals surface area contributed by atoms with Crippen molar-refractivity contribution < 1.29 is 21.3 Å². The second-order valence-corrected chi connectivity index (χ2v) is 20.3. The standard InChI is InChI=1S/C31H29.C5H8.C5H5.Zr/c1-30(2,24-11-7-5-8-12-24)26-17-15-22-19-23-16-18-27(21-29(23)28(22)20-26)31(3,4)25-13-9-6-10-14-25;2*1-2-4-5-3-1;/h5-21H,1-4H3;1-4H2;1-3H,4H2;. The molecule has 3 aliphatic rings. The fourth-order valence-electron chi connectivity index (χ4n) is 7.72. The van der Waals surface area contributed by atoms with Gasteiger partial charge in [-0.25, -0.2) is 0 Å². The minimum absolute atomic E-state index is 0.0604. The summed E-state index contributed by atoms with van der Waals surface area (Å²) in [6.45, 7) is 9.54. The van der Waals surface area contributed by atoms with Crippen LogP contribution in [0.15, 0.2) is 119 Å². The van der Waals surface area contributed by atoms with Gasteiger partial charge in [-0.15, -0.1) is 0 Å². The first-order valence-electron chi connectivity index (χ1n) is 15.8. The normalized spacial score (nSPS) is 16.5. The molecule has 4 aromatic carbocycles. The van der Waals surface area contributed by atoms with Gasteiger partial charge in [0, 0.05) is 0 Å². The molecule has 0 spiro atoms. The van der Waals surface area contributed by atoms with Gasteiger partial charge in [-0.3, -0.25) is 0 Å². The molecule has 0 N–H and O–H groups in total. The Hall–Kier alpha value is -2.89. The van der Waals surface area contributed by atoms with Gasteiger partial charge >= 0.3 is 262 Å². The van der Waals surface area contributed by atoms with Gasteiger partial charge in [0.1, 0.15) is 0 Å². The molecule has 7 rings (SSSR count). The van der Waals surface area contributed by atoms with E-state index in [9.17, 15) is 0 Å². The second-order valence-electron chi connectivity index (χ2n) is 13.6. The van der Waals surface area contributed by atoms with Crippen LogP contribution in [0.2, 0.25) is 0 Å². The van der Waals surface area contributed by atoms with Gasteiger partial charge in [0.2, 0.25) is 0 Å². The molecule has 0 amide bonds. The van der Waals surface area contributed by atoms with Gasteiger partial charge in [0.05, 0.1) is 0 Å². The predicted molar refractivity (Wildman–Crippen MR) is 176 cm³/mol. The number of benzene rings is 4. The molecule has 4 aromatic rings. The van der Waals surface area contributed by atoms with Crippen molar-refractivity contribution in [3.05, 3.63) is 152 Å². The van der Waals surface area contributed by atoms with Crippen LogP contribution in [0.5, 0.6) is 0 Å². The zero-order valence-corrected chi connectivity index (χ0v) is 28.0. The molecule has 1 fully saturated rings. The summed E-state index contributed by atoms with van der Waals surface area (Å²) in [5.41, 5.74) is 11.6. The first-order chi connectivity index (χ1) is 20.4. The fraction of sp³-hybridized carbons (Fsp3) is 0.293. The van der Waals surface area contributed by atoms with Gasteiger partial charge < -0.3 is 0 Å². The van der Waals surface area contributed by atoms with E-state index in [4.69, 9.17) is 0 Å². The van der Waals surface area contributed by atoms with Crippen LogP contribution in [0.4, 0.5) is 0 Å². The summed E-state index contributed by atoms with van der Waals surface area (Å²) in [6, 6.07) is 37.2. The van der Waals surface area contributed by atoms with Crippen LogP contribution >= 0.6 is 0 Å². The van der Waals surface area contributed by atoms with Crippen molar-refractivity contribution in [2.75, 3.05) is 0 Å². The van der Waals surface area contributed by atoms with Crippen molar-refractivity contribution >= 4 is 3.21 Å². The van der Waals surface area contributed by atoms with Crippen molar-refractivity contribution in [1.29, 1.82) is 0 Å². The summed E-state index contributed by atoms with van der Waals surface area (Å²) < 4.78 is 4.36. The fourth-order valence-corrected chi connectivity index (χ4v) is 17.2. The third kappa shape index (κ3) is 4.73. The Kier molecular flexibility index (Phi) is 7.31. The molecule has 3 aliphatic carbocycles. The number of rotatable bonds is 6. The third-order valence-corrected chi connectivity index (χ3v) is 19.1. The number of fused-ring (bicyclic) bond motifs is 3. The van der Waals surface area contributed by atoms with Gasteiger partial charge in [-0.1, -0.05) is 0 Å². The van der Waals surface area contributed by atoms with Gasteiger partial charge in [0.15, 0.2) is 0 Å². The Morgan fingerprint density at radius 2 is 1.10 bits per heavy atom. The monoisotopic (exact) mass is 624 g/mol. The second kappa shape index (κ2) is 11.0. The molecule has 0 aromatic heterocycles. The molecule has 0 atom stereocenters. The van der Waals surface area contributed by atoms with Crippen molar-refractivity contribution in [2.24, 2.45) is 0 Å². The van der Waals surface area contributed by atoms with Crippen molar-refractivity contribution in [2.45, 2.75) is 74.3 Å². The molecule has 0 unspecified atom stereocenters. The average Bonchev–Trinajstić information content (AvgIpc) is 3.81. The van der Waals surface area contributed by atoms with Crippen LogP contribution in [0.1, 0.15) is 96.8 Å². The van der Waals surface area contributed by atoms with E-state index in [-0.39, 0.29) is 10.8 Å². The zero-order valence-electron chi connectivity index (χ0n) is 25.6. The zero-order chi connectivity index (χ0) is 28.9. The van der Waals surface area contributed by atoms with Crippen molar-refractivity contribution in [3.63, 3.8) is 0 Å². The first kappa shape index (κ1) is 27.9. The Balaban J connectivity index is 1.44. The van der Waals surface area contributed by atoms with Crippen molar-refractivity contribution in [3.8, 4) is 11.1 Å². The van der Waals surface area contributed by atoms with E-state index < -0.39 is 21.3 Å². The summed E-state index contributed by atoms with van der Waals surface area (Å²) in [7, 11) is 0. The van der Waals surface area contributed by atoms with E-state index in [1.807, 2.05) is 3.21 Å². The molecule has 0 saturated heterocycles. The number of hydrogen-bond acceptors (Lipinski definition) is 0. The molecule has 42 heavy (non-hydrogen) atoms. The van der Waals surface area contributed by atoms with E-state index in [2.05, 4.69) is 143 Å². The van der Waals surface area contributed by atoms with Crippen LogP contribution in [0.3, 0.4) is 0 Å². The molecular weight excluding hydrogens is 584 g/mol. The van der Waals surface area contributed by atoms with E-state index in [1.54, 1.807) is 14.4 Å². The maximum atomic E-state index is 2.57. The molecule has 0 heterocycles. The third-order valence-electron chi connectivity index (χ3n) is 10.4. The quantitative estimate of drug-likeness (QED) is 0.200. The molecular formula is C41H42Zr. The number of hydrogen-bond donors (Lipinski definition) is 0. The molecule has 0 nitrogen and oxygen atoms in total. The Bertz CT molecular complexity index is 1620. The number of allylic oxidation sites excluding steroid dienone is 4. The van der Waals surface area contributed by atoms with E-state index in [0.717, 1.165) is 0 Å². The minimum atomic E-state index is -2.16. The van der Waals surface area contributed by atoms with Gasteiger partial charge in [-0.05, 0) is 0 Å². The van der Waals surface area contributed by atoms with Gasteiger partial charge in [-0.2, -0.15) is 0 Å². The Morgan fingerprint density at radius 3 is 1.55 bits per heavy atom. The maximum absolute atomic E-state index is 2.57. The predicted octanol–water partition coefficient (Wildman–Crippen LogP) is 10.6. The first-order valence-corrected chi connectivity index (χ1v) is 19.7. The molecule has 0 bridgehead atoms. The summed E-state index contributed by atoms with van der Waals surface area (Å²) >= 11 is -2.16. The summed E-state index contributed by atoms with van der Waals surface area (Å²) in [6.07, 6.45) is 13.9. The molecule has 1 heteroatoms. The summed E-state index contributed by atoms with van der Waals surface area (Å²) in [5.74, 6) is 0. The van der Waals surface area contributed by atoms with Crippen molar-refractivity contribution in [1.82, 2.24) is 0 Å².